The number of hydrogen-bond donors (Lipinski definition) is 2. The van der Waals surface area contributed by atoms with Crippen molar-refractivity contribution in [3.63, 3.8) is 0 Å². The predicted molar refractivity (Wildman–Crippen MR) is 77.5 cm³/mol. The standard InChI is InChI=1S/C16H23F2NO2/c17-16(18)21-14-9-7-12(8-10-14)15(11-20)19-13-5-3-1-2-4-6-13/h7-10,13,15-16,19-20H,1-6,11H2. The van der Waals surface area contributed by atoms with Crippen molar-refractivity contribution in [2.45, 2.75) is 57.2 Å². The van der Waals surface area contributed by atoms with Gasteiger partial charge < -0.3 is 15.2 Å². The molecule has 1 atom stereocenters. The molecular weight excluding hydrogens is 276 g/mol. The topological polar surface area (TPSA) is 41.5 Å². The van der Waals surface area contributed by atoms with Gasteiger partial charge in [-0.25, -0.2) is 0 Å². The molecule has 0 aromatic heterocycles. The third kappa shape index (κ3) is 5.25. The summed E-state index contributed by atoms with van der Waals surface area (Å²) in [5, 5.41) is 13.1. The van der Waals surface area contributed by atoms with Crippen molar-refractivity contribution in [2.24, 2.45) is 0 Å². The van der Waals surface area contributed by atoms with E-state index in [1.54, 1.807) is 12.1 Å². The van der Waals surface area contributed by atoms with Gasteiger partial charge in [0.15, 0.2) is 0 Å². The first kappa shape index (κ1) is 16.2. The van der Waals surface area contributed by atoms with Crippen LogP contribution in [0.5, 0.6) is 5.75 Å². The molecule has 0 heterocycles. The van der Waals surface area contributed by atoms with Crippen LogP contribution in [0.1, 0.15) is 50.1 Å². The van der Waals surface area contributed by atoms with Crippen molar-refractivity contribution in [1.29, 1.82) is 0 Å². The Bertz CT molecular complexity index is 403. The fraction of sp³-hybridized carbons (Fsp3) is 0.625. The van der Waals surface area contributed by atoms with Crippen LogP contribution >= 0.6 is 0 Å². The molecule has 1 aliphatic rings. The van der Waals surface area contributed by atoms with Crippen LogP contribution in [-0.2, 0) is 0 Å². The molecule has 1 unspecified atom stereocenters. The summed E-state index contributed by atoms with van der Waals surface area (Å²) in [6, 6.07) is 6.73. The highest BCUT2D eigenvalue weighted by Gasteiger charge is 2.18. The lowest BCUT2D eigenvalue weighted by Crippen LogP contribution is -2.34. The Morgan fingerprint density at radius 3 is 2.24 bits per heavy atom. The minimum Gasteiger partial charge on any atom is -0.435 e. The number of aliphatic hydroxyl groups excluding tert-OH is 1. The van der Waals surface area contributed by atoms with Gasteiger partial charge in [-0.05, 0) is 30.5 Å². The van der Waals surface area contributed by atoms with Crippen molar-refractivity contribution in [1.82, 2.24) is 5.32 Å². The van der Waals surface area contributed by atoms with Crippen LogP contribution in [0.2, 0.25) is 0 Å². The second-order valence-electron chi connectivity index (χ2n) is 5.54. The lowest BCUT2D eigenvalue weighted by Gasteiger charge is -2.24. The van der Waals surface area contributed by atoms with Crippen LogP contribution in [0.25, 0.3) is 0 Å². The van der Waals surface area contributed by atoms with Gasteiger partial charge in [0.1, 0.15) is 5.75 Å². The second kappa shape index (κ2) is 8.29. The van der Waals surface area contributed by atoms with E-state index in [9.17, 15) is 13.9 Å². The highest BCUT2D eigenvalue weighted by molar-refractivity contribution is 5.29. The first-order valence-corrected chi connectivity index (χ1v) is 7.60. The van der Waals surface area contributed by atoms with E-state index in [-0.39, 0.29) is 18.4 Å². The molecule has 1 aromatic carbocycles. The van der Waals surface area contributed by atoms with Gasteiger partial charge in [0, 0.05) is 6.04 Å². The van der Waals surface area contributed by atoms with Crippen molar-refractivity contribution >= 4 is 0 Å². The van der Waals surface area contributed by atoms with Crippen LogP contribution < -0.4 is 10.1 Å². The number of alkyl halides is 2. The van der Waals surface area contributed by atoms with Crippen molar-refractivity contribution in [3.05, 3.63) is 29.8 Å². The summed E-state index contributed by atoms with van der Waals surface area (Å²) >= 11 is 0. The van der Waals surface area contributed by atoms with Gasteiger partial charge in [0.05, 0.1) is 12.6 Å². The molecule has 0 saturated heterocycles. The van der Waals surface area contributed by atoms with E-state index in [2.05, 4.69) is 10.1 Å². The van der Waals surface area contributed by atoms with Crippen molar-refractivity contribution < 1.29 is 18.6 Å². The van der Waals surface area contributed by atoms with Crippen LogP contribution in [0, 0.1) is 0 Å². The molecule has 1 fully saturated rings. The highest BCUT2D eigenvalue weighted by Crippen LogP contribution is 2.23. The summed E-state index contributed by atoms with van der Waals surface area (Å²) in [6.45, 7) is -2.82. The van der Waals surface area contributed by atoms with Gasteiger partial charge in [-0.2, -0.15) is 8.78 Å². The Morgan fingerprint density at radius 1 is 1.10 bits per heavy atom. The maximum Gasteiger partial charge on any atom is 0.387 e. The van der Waals surface area contributed by atoms with Crippen LogP contribution in [0.15, 0.2) is 24.3 Å². The average Bonchev–Trinajstić information content (AvgIpc) is 2.74. The van der Waals surface area contributed by atoms with Gasteiger partial charge in [0.2, 0.25) is 0 Å². The average molecular weight is 299 g/mol. The summed E-state index contributed by atoms with van der Waals surface area (Å²) in [7, 11) is 0. The quantitative estimate of drug-likeness (QED) is 0.788. The largest absolute Gasteiger partial charge is 0.435 e. The van der Waals surface area contributed by atoms with E-state index in [4.69, 9.17) is 0 Å². The number of halogens is 2. The maximum absolute atomic E-state index is 12.1. The minimum atomic E-state index is -2.81. The molecule has 0 aliphatic heterocycles. The second-order valence-corrected chi connectivity index (χ2v) is 5.54. The Balaban J connectivity index is 1.96. The zero-order chi connectivity index (χ0) is 15.1. The summed E-state index contributed by atoms with van der Waals surface area (Å²) in [6.07, 6.45) is 7.25. The number of nitrogens with one attached hydrogen (secondary N) is 1. The predicted octanol–water partition coefficient (Wildman–Crippen LogP) is 3.63. The fourth-order valence-electron chi connectivity index (χ4n) is 2.87. The van der Waals surface area contributed by atoms with Gasteiger partial charge >= 0.3 is 6.61 Å². The summed E-state index contributed by atoms with van der Waals surface area (Å²) in [5.74, 6) is 0.139. The van der Waals surface area contributed by atoms with Crippen molar-refractivity contribution in [3.8, 4) is 5.75 Å². The number of rotatable bonds is 6. The van der Waals surface area contributed by atoms with Gasteiger partial charge in [-0.1, -0.05) is 37.8 Å². The van der Waals surface area contributed by atoms with Crippen LogP contribution in [0.3, 0.4) is 0 Å². The van der Waals surface area contributed by atoms with E-state index in [0.717, 1.165) is 18.4 Å². The molecule has 0 amide bonds. The zero-order valence-electron chi connectivity index (χ0n) is 12.1. The molecule has 21 heavy (non-hydrogen) atoms. The maximum atomic E-state index is 12.1. The Morgan fingerprint density at radius 2 is 1.71 bits per heavy atom. The highest BCUT2D eigenvalue weighted by atomic mass is 19.3. The molecular formula is C16H23F2NO2. The summed E-state index contributed by atoms with van der Waals surface area (Å²) < 4.78 is 28.6. The molecule has 1 aromatic rings. The molecule has 3 nitrogen and oxygen atoms in total. The Labute approximate surface area is 124 Å². The number of aliphatic hydroxyl groups is 1. The van der Waals surface area contributed by atoms with Gasteiger partial charge in [0.25, 0.3) is 0 Å². The van der Waals surface area contributed by atoms with E-state index < -0.39 is 6.61 Å². The first-order chi connectivity index (χ1) is 10.2. The first-order valence-electron chi connectivity index (χ1n) is 7.60. The molecule has 2 N–H and O–H groups in total. The summed E-state index contributed by atoms with van der Waals surface area (Å²) in [5.41, 5.74) is 0.892. The monoisotopic (exact) mass is 299 g/mol. The molecule has 0 spiro atoms. The SMILES string of the molecule is OCC(NC1CCCCCC1)c1ccc(OC(F)F)cc1. The van der Waals surface area contributed by atoms with Gasteiger partial charge in [-0.3, -0.25) is 0 Å². The number of hydrogen-bond acceptors (Lipinski definition) is 3. The lowest BCUT2D eigenvalue weighted by molar-refractivity contribution is -0.0498. The fourth-order valence-corrected chi connectivity index (χ4v) is 2.87. The van der Waals surface area contributed by atoms with Crippen LogP contribution in [0.4, 0.5) is 8.78 Å². The molecule has 1 saturated carbocycles. The third-order valence-electron chi connectivity index (χ3n) is 3.98. The molecule has 2 rings (SSSR count). The molecule has 5 heteroatoms. The molecule has 0 radical (unpaired) electrons. The Kier molecular flexibility index (Phi) is 6.39. The Hall–Kier alpha value is -1.20. The van der Waals surface area contributed by atoms with E-state index in [1.807, 2.05) is 0 Å². The molecule has 0 bridgehead atoms. The summed E-state index contributed by atoms with van der Waals surface area (Å²) in [4.78, 5) is 0. The normalized spacial score (nSPS) is 18.5. The van der Waals surface area contributed by atoms with E-state index >= 15 is 0 Å². The zero-order valence-corrected chi connectivity index (χ0v) is 12.1. The van der Waals surface area contributed by atoms with Crippen LogP contribution in [-0.4, -0.2) is 24.4 Å². The van der Waals surface area contributed by atoms with E-state index in [0.29, 0.717) is 6.04 Å². The lowest BCUT2D eigenvalue weighted by atomic mass is 10.0. The third-order valence-corrected chi connectivity index (χ3v) is 3.98. The molecule has 1 aliphatic carbocycles. The van der Waals surface area contributed by atoms with Crippen molar-refractivity contribution in [2.75, 3.05) is 6.61 Å². The number of ether oxygens (including phenoxy) is 1. The molecule has 118 valence electrons. The minimum absolute atomic E-state index is 0.00838. The van der Waals surface area contributed by atoms with Gasteiger partial charge in [-0.15, -0.1) is 0 Å². The number of benzene rings is 1. The smallest absolute Gasteiger partial charge is 0.387 e. The van der Waals surface area contributed by atoms with E-state index in [1.165, 1.54) is 37.8 Å².